The molecule has 2 amide bonds. The third kappa shape index (κ3) is 2.45. The molecule has 2 unspecified atom stereocenters. The van der Waals surface area contributed by atoms with Gasteiger partial charge in [0.15, 0.2) is 0 Å². The molecule has 80 valence electrons. The summed E-state index contributed by atoms with van der Waals surface area (Å²) in [5.41, 5.74) is 10.7. The number of hydrogen-bond acceptors (Lipinski definition) is 3. The highest BCUT2D eigenvalue weighted by molar-refractivity contribution is 5.88. The van der Waals surface area contributed by atoms with Crippen molar-refractivity contribution in [3.8, 4) is 0 Å². The number of amides is 2. The van der Waals surface area contributed by atoms with E-state index in [9.17, 15) is 9.59 Å². The fourth-order valence-corrected chi connectivity index (χ4v) is 1.48. The Labute approximate surface area is 83.4 Å². The Balaban J connectivity index is 2.35. The fourth-order valence-electron chi connectivity index (χ4n) is 1.48. The highest BCUT2D eigenvalue weighted by atomic mass is 16.2. The summed E-state index contributed by atoms with van der Waals surface area (Å²) >= 11 is 0. The molecule has 0 bridgehead atoms. The maximum Gasteiger partial charge on any atom is 0.240 e. The number of nitrogens with two attached hydrogens (primary N) is 2. The van der Waals surface area contributed by atoms with Crippen molar-refractivity contribution in [1.82, 2.24) is 4.90 Å². The summed E-state index contributed by atoms with van der Waals surface area (Å²) in [5.74, 6) is -0.428. The highest BCUT2D eigenvalue weighted by Gasteiger charge is 2.35. The number of nitrogens with zero attached hydrogens (tertiary/aromatic N) is 1. The molecule has 0 aromatic rings. The molecule has 1 aliphatic heterocycles. The largest absolute Gasteiger partial charge is 0.368 e. The zero-order valence-corrected chi connectivity index (χ0v) is 8.40. The van der Waals surface area contributed by atoms with E-state index in [4.69, 9.17) is 11.5 Å². The van der Waals surface area contributed by atoms with Gasteiger partial charge in [-0.25, -0.2) is 0 Å². The zero-order valence-electron chi connectivity index (χ0n) is 8.40. The molecule has 1 rings (SSSR count). The molecule has 14 heavy (non-hydrogen) atoms. The Bertz CT molecular complexity index is 240. The first-order valence-corrected chi connectivity index (χ1v) is 4.86. The second kappa shape index (κ2) is 4.41. The van der Waals surface area contributed by atoms with E-state index in [-0.39, 0.29) is 18.0 Å². The molecule has 0 aromatic heterocycles. The highest BCUT2D eigenvalue weighted by Crippen LogP contribution is 2.18. The van der Waals surface area contributed by atoms with Crippen molar-refractivity contribution < 1.29 is 9.59 Å². The molecule has 4 N–H and O–H groups in total. The first-order chi connectivity index (χ1) is 6.52. The van der Waals surface area contributed by atoms with Crippen molar-refractivity contribution in [2.45, 2.75) is 38.3 Å². The Hall–Kier alpha value is -1.10. The second-order valence-electron chi connectivity index (χ2n) is 3.81. The smallest absolute Gasteiger partial charge is 0.240 e. The van der Waals surface area contributed by atoms with E-state index in [1.54, 1.807) is 0 Å². The van der Waals surface area contributed by atoms with Crippen LogP contribution in [0.2, 0.25) is 0 Å². The van der Waals surface area contributed by atoms with E-state index in [2.05, 4.69) is 0 Å². The van der Waals surface area contributed by atoms with Gasteiger partial charge in [0.25, 0.3) is 0 Å². The summed E-state index contributed by atoms with van der Waals surface area (Å²) < 4.78 is 0. The van der Waals surface area contributed by atoms with E-state index < -0.39 is 5.91 Å². The van der Waals surface area contributed by atoms with Gasteiger partial charge in [-0.05, 0) is 19.8 Å². The van der Waals surface area contributed by atoms with Gasteiger partial charge in [0.2, 0.25) is 11.8 Å². The van der Waals surface area contributed by atoms with Gasteiger partial charge in [0, 0.05) is 19.0 Å². The van der Waals surface area contributed by atoms with Crippen LogP contribution >= 0.6 is 0 Å². The summed E-state index contributed by atoms with van der Waals surface area (Å²) in [6.07, 6.45) is 1.75. The van der Waals surface area contributed by atoms with Crippen LogP contribution in [0.1, 0.15) is 26.2 Å². The van der Waals surface area contributed by atoms with Crippen LogP contribution in [0.5, 0.6) is 0 Å². The average molecular weight is 199 g/mol. The molecule has 0 aliphatic carbocycles. The minimum Gasteiger partial charge on any atom is -0.368 e. The van der Waals surface area contributed by atoms with Crippen LogP contribution in [0.3, 0.4) is 0 Å². The Morgan fingerprint density at radius 3 is 2.57 bits per heavy atom. The molecule has 1 fully saturated rings. The molecule has 0 radical (unpaired) electrons. The van der Waals surface area contributed by atoms with Crippen LogP contribution in [-0.2, 0) is 9.59 Å². The van der Waals surface area contributed by atoms with Crippen LogP contribution in [0.15, 0.2) is 0 Å². The van der Waals surface area contributed by atoms with Crippen LogP contribution in [0, 0.1) is 0 Å². The van der Waals surface area contributed by atoms with Gasteiger partial charge in [-0.2, -0.15) is 0 Å². The van der Waals surface area contributed by atoms with E-state index in [1.807, 2.05) is 6.92 Å². The maximum atomic E-state index is 11.5. The fraction of sp³-hybridized carbons (Fsp3) is 0.778. The van der Waals surface area contributed by atoms with Crippen molar-refractivity contribution in [1.29, 1.82) is 0 Å². The Kier molecular flexibility index (Phi) is 3.46. The van der Waals surface area contributed by atoms with Crippen LogP contribution in [0.25, 0.3) is 0 Å². The first kappa shape index (κ1) is 11.0. The maximum absolute atomic E-state index is 11.5. The van der Waals surface area contributed by atoms with E-state index in [0.717, 1.165) is 0 Å². The van der Waals surface area contributed by atoms with Crippen molar-refractivity contribution >= 4 is 11.8 Å². The average Bonchev–Trinajstić information content (AvgIpc) is 1.97. The molecule has 1 heterocycles. The monoisotopic (exact) mass is 199 g/mol. The number of likely N-dealkylation sites (tertiary alicyclic amines) is 1. The van der Waals surface area contributed by atoms with Crippen LogP contribution in [0.4, 0.5) is 0 Å². The predicted octanol–water partition coefficient (Wildman–Crippen LogP) is -0.800. The summed E-state index contributed by atoms with van der Waals surface area (Å²) in [5, 5.41) is 0. The molecule has 5 heteroatoms. The summed E-state index contributed by atoms with van der Waals surface area (Å²) in [6.45, 7) is 2.50. The lowest BCUT2D eigenvalue weighted by atomic mass is 10.0. The normalized spacial score (nSPS) is 22.7. The van der Waals surface area contributed by atoms with Gasteiger partial charge in [-0.1, -0.05) is 0 Å². The number of carbonyl (C=O) groups excluding carboxylic acids is 2. The predicted molar refractivity (Wildman–Crippen MR) is 52.2 cm³/mol. The molecule has 5 nitrogen and oxygen atoms in total. The lowest BCUT2D eigenvalue weighted by Crippen LogP contribution is -2.57. The number of hydrogen-bond donors (Lipinski definition) is 2. The van der Waals surface area contributed by atoms with Crippen LogP contribution < -0.4 is 11.5 Å². The van der Waals surface area contributed by atoms with E-state index >= 15 is 0 Å². The third-order valence-electron chi connectivity index (χ3n) is 2.48. The molecule has 0 aromatic carbocycles. The zero-order chi connectivity index (χ0) is 10.7. The van der Waals surface area contributed by atoms with Crippen molar-refractivity contribution in [3.05, 3.63) is 0 Å². The molecule has 0 spiro atoms. The Morgan fingerprint density at radius 2 is 2.21 bits per heavy atom. The standard InChI is InChI=1S/C9H17N3O2/c1-6(10)2-3-8(13)12-5-4-7(12)9(11)14/h6-7H,2-5,10H2,1H3,(H2,11,14). The minimum absolute atomic E-state index is 0.0163. The lowest BCUT2D eigenvalue weighted by molar-refractivity contribution is -0.146. The topological polar surface area (TPSA) is 89.4 Å². The second-order valence-corrected chi connectivity index (χ2v) is 3.81. The van der Waals surface area contributed by atoms with Crippen molar-refractivity contribution in [2.75, 3.05) is 6.54 Å². The Morgan fingerprint density at radius 1 is 1.57 bits per heavy atom. The SMILES string of the molecule is CC(N)CCC(=O)N1CCC1C(N)=O. The quantitative estimate of drug-likeness (QED) is 0.621. The number of rotatable bonds is 4. The van der Waals surface area contributed by atoms with Crippen LogP contribution in [-0.4, -0.2) is 35.3 Å². The number of primary amides is 1. The summed E-state index contributed by atoms with van der Waals surface area (Å²) in [6, 6.07) is -0.358. The van der Waals surface area contributed by atoms with Gasteiger partial charge < -0.3 is 16.4 Å². The van der Waals surface area contributed by atoms with Gasteiger partial charge >= 0.3 is 0 Å². The molecular weight excluding hydrogens is 182 g/mol. The minimum atomic E-state index is -0.412. The van der Waals surface area contributed by atoms with Crippen molar-refractivity contribution in [2.24, 2.45) is 11.5 Å². The summed E-state index contributed by atoms with van der Waals surface area (Å²) in [4.78, 5) is 23.9. The van der Waals surface area contributed by atoms with E-state index in [0.29, 0.717) is 25.8 Å². The van der Waals surface area contributed by atoms with Gasteiger partial charge in [0.1, 0.15) is 6.04 Å². The van der Waals surface area contributed by atoms with Crippen molar-refractivity contribution in [3.63, 3.8) is 0 Å². The molecule has 2 atom stereocenters. The summed E-state index contributed by atoms with van der Waals surface area (Å²) in [7, 11) is 0. The van der Waals surface area contributed by atoms with Gasteiger partial charge in [0.05, 0.1) is 0 Å². The molecule has 1 aliphatic rings. The molecule has 1 saturated heterocycles. The first-order valence-electron chi connectivity index (χ1n) is 4.86. The van der Waals surface area contributed by atoms with E-state index in [1.165, 1.54) is 4.90 Å². The van der Waals surface area contributed by atoms with Gasteiger partial charge in [-0.3, -0.25) is 9.59 Å². The van der Waals surface area contributed by atoms with Gasteiger partial charge in [-0.15, -0.1) is 0 Å². The lowest BCUT2D eigenvalue weighted by Gasteiger charge is -2.38. The molecular formula is C9H17N3O2. The third-order valence-corrected chi connectivity index (χ3v) is 2.48. The molecule has 0 saturated carbocycles. The number of carbonyl (C=O) groups is 2.